The highest BCUT2D eigenvalue weighted by atomic mass is 16.5. The van der Waals surface area contributed by atoms with Crippen molar-refractivity contribution in [3.05, 3.63) is 29.8 Å². The summed E-state index contributed by atoms with van der Waals surface area (Å²) >= 11 is 0. The van der Waals surface area contributed by atoms with Gasteiger partial charge in [0.1, 0.15) is 5.75 Å². The van der Waals surface area contributed by atoms with Gasteiger partial charge in [0.2, 0.25) is 0 Å². The molecule has 4 nitrogen and oxygen atoms in total. The molecule has 0 fully saturated rings. The smallest absolute Gasteiger partial charge is 0.305 e. The molecule has 0 saturated carbocycles. The molecule has 0 aromatic heterocycles. The number of esters is 1. The molecule has 4 heteroatoms. The van der Waals surface area contributed by atoms with Crippen LogP contribution in [0.25, 0.3) is 0 Å². The lowest BCUT2D eigenvalue weighted by Gasteiger charge is -2.27. The number of rotatable bonds is 7. The SMILES string of the molecule is CCOC(=O)CCC(O)(CC)c1ccc(OC)cc1. The number of hydrogen-bond donors (Lipinski definition) is 1. The van der Waals surface area contributed by atoms with Gasteiger partial charge in [-0.2, -0.15) is 0 Å². The van der Waals surface area contributed by atoms with Crippen LogP contribution in [0.3, 0.4) is 0 Å². The zero-order valence-electron chi connectivity index (χ0n) is 11.8. The first-order valence-electron chi connectivity index (χ1n) is 6.58. The van der Waals surface area contributed by atoms with E-state index in [-0.39, 0.29) is 12.4 Å². The van der Waals surface area contributed by atoms with Crippen molar-refractivity contribution in [2.24, 2.45) is 0 Å². The van der Waals surface area contributed by atoms with Gasteiger partial charge >= 0.3 is 5.97 Å². The van der Waals surface area contributed by atoms with Gasteiger partial charge in [0.05, 0.1) is 19.3 Å². The molecule has 1 N–H and O–H groups in total. The summed E-state index contributed by atoms with van der Waals surface area (Å²) in [6.07, 6.45) is 1.11. The van der Waals surface area contributed by atoms with Crippen LogP contribution in [0.2, 0.25) is 0 Å². The van der Waals surface area contributed by atoms with Crippen LogP contribution in [0.1, 0.15) is 38.7 Å². The minimum Gasteiger partial charge on any atom is -0.497 e. The largest absolute Gasteiger partial charge is 0.497 e. The predicted octanol–water partition coefficient (Wildman–Crippen LogP) is 2.64. The van der Waals surface area contributed by atoms with E-state index in [1.807, 2.05) is 19.1 Å². The van der Waals surface area contributed by atoms with Crippen LogP contribution < -0.4 is 4.74 Å². The quantitative estimate of drug-likeness (QED) is 0.771. The van der Waals surface area contributed by atoms with E-state index in [1.165, 1.54) is 0 Å². The van der Waals surface area contributed by atoms with Gasteiger partial charge in [-0.1, -0.05) is 19.1 Å². The molecule has 0 aliphatic carbocycles. The normalized spacial score (nSPS) is 13.7. The van der Waals surface area contributed by atoms with Crippen molar-refractivity contribution >= 4 is 5.97 Å². The number of ether oxygens (including phenoxy) is 2. The van der Waals surface area contributed by atoms with Crippen LogP contribution in [-0.4, -0.2) is 24.8 Å². The van der Waals surface area contributed by atoms with Crippen LogP contribution in [0, 0.1) is 0 Å². The molecule has 1 rings (SSSR count). The Labute approximate surface area is 114 Å². The summed E-state index contributed by atoms with van der Waals surface area (Å²) < 4.78 is 9.97. The molecule has 0 amide bonds. The van der Waals surface area contributed by atoms with E-state index in [1.54, 1.807) is 26.2 Å². The van der Waals surface area contributed by atoms with Gasteiger partial charge < -0.3 is 14.6 Å². The lowest BCUT2D eigenvalue weighted by molar-refractivity contribution is -0.144. The lowest BCUT2D eigenvalue weighted by atomic mass is 9.87. The third-order valence-electron chi connectivity index (χ3n) is 3.26. The van der Waals surface area contributed by atoms with E-state index in [0.717, 1.165) is 11.3 Å². The predicted molar refractivity (Wildman–Crippen MR) is 73.0 cm³/mol. The number of carbonyl (C=O) groups is 1. The third kappa shape index (κ3) is 4.24. The van der Waals surface area contributed by atoms with Gasteiger partial charge in [0, 0.05) is 6.42 Å². The van der Waals surface area contributed by atoms with Crippen molar-refractivity contribution in [3.8, 4) is 5.75 Å². The minimum absolute atomic E-state index is 0.213. The fourth-order valence-corrected chi connectivity index (χ4v) is 1.97. The molecule has 1 aromatic carbocycles. The van der Waals surface area contributed by atoms with E-state index >= 15 is 0 Å². The number of aliphatic hydroxyl groups is 1. The molecule has 1 atom stereocenters. The summed E-state index contributed by atoms with van der Waals surface area (Å²) in [6, 6.07) is 7.27. The topological polar surface area (TPSA) is 55.8 Å². The molecule has 0 aliphatic heterocycles. The Balaban J connectivity index is 2.75. The Morgan fingerprint density at radius 1 is 1.26 bits per heavy atom. The lowest BCUT2D eigenvalue weighted by Crippen LogP contribution is -2.26. The molecule has 0 aliphatic rings. The molecule has 0 bridgehead atoms. The van der Waals surface area contributed by atoms with Gasteiger partial charge in [-0.25, -0.2) is 0 Å². The highest BCUT2D eigenvalue weighted by Gasteiger charge is 2.28. The van der Waals surface area contributed by atoms with Crippen molar-refractivity contribution in [1.82, 2.24) is 0 Å². The number of carbonyl (C=O) groups excluding carboxylic acids is 1. The second-order valence-electron chi connectivity index (χ2n) is 4.42. The van der Waals surface area contributed by atoms with E-state index in [9.17, 15) is 9.90 Å². The molecular weight excluding hydrogens is 244 g/mol. The highest BCUT2D eigenvalue weighted by molar-refractivity contribution is 5.69. The van der Waals surface area contributed by atoms with Gasteiger partial charge in [0.15, 0.2) is 0 Å². The van der Waals surface area contributed by atoms with Crippen LogP contribution in [-0.2, 0) is 15.1 Å². The highest BCUT2D eigenvalue weighted by Crippen LogP contribution is 2.31. The second-order valence-corrected chi connectivity index (χ2v) is 4.42. The van der Waals surface area contributed by atoms with Crippen LogP contribution in [0.5, 0.6) is 5.75 Å². The summed E-state index contributed by atoms with van der Waals surface area (Å²) in [6.45, 7) is 4.04. The zero-order valence-corrected chi connectivity index (χ0v) is 11.8. The zero-order chi connectivity index (χ0) is 14.3. The molecule has 0 radical (unpaired) electrons. The molecule has 1 unspecified atom stereocenters. The first-order chi connectivity index (χ1) is 9.05. The number of hydrogen-bond acceptors (Lipinski definition) is 4. The summed E-state index contributed by atoms with van der Waals surface area (Å²) in [5.41, 5.74) is -0.209. The summed E-state index contributed by atoms with van der Waals surface area (Å²) in [5.74, 6) is 0.468. The number of methoxy groups -OCH3 is 1. The third-order valence-corrected chi connectivity index (χ3v) is 3.26. The maximum atomic E-state index is 11.4. The van der Waals surface area contributed by atoms with Crippen molar-refractivity contribution in [3.63, 3.8) is 0 Å². The Kier molecular flexibility index (Phi) is 5.83. The maximum Gasteiger partial charge on any atom is 0.305 e. The Morgan fingerprint density at radius 2 is 1.89 bits per heavy atom. The molecule has 1 aromatic rings. The molecule has 19 heavy (non-hydrogen) atoms. The van der Waals surface area contributed by atoms with Crippen LogP contribution in [0.4, 0.5) is 0 Å². The average molecular weight is 266 g/mol. The summed E-state index contributed by atoms with van der Waals surface area (Å²) in [4.78, 5) is 11.4. The fraction of sp³-hybridized carbons (Fsp3) is 0.533. The van der Waals surface area contributed by atoms with Gasteiger partial charge in [-0.05, 0) is 37.5 Å². The molecular formula is C15H22O4. The Bertz CT molecular complexity index is 399. The molecule has 0 heterocycles. The van der Waals surface area contributed by atoms with Crippen LogP contribution in [0.15, 0.2) is 24.3 Å². The van der Waals surface area contributed by atoms with E-state index in [0.29, 0.717) is 19.4 Å². The Morgan fingerprint density at radius 3 is 2.37 bits per heavy atom. The number of benzene rings is 1. The van der Waals surface area contributed by atoms with Crippen LogP contribution >= 0.6 is 0 Å². The standard InChI is InChI=1S/C15H22O4/c1-4-15(17,11-10-14(16)19-5-2)12-6-8-13(18-3)9-7-12/h6-9,17H,4-5,10-11H2,1-3H3. The van der Waals surface area contributed by atoms with Crippen molar-refractivity contribution in [1.29, 1.82) is 0 Å². The minimum atomic E-state index is -1.00. The van der Waals surface area contributed by atoms with E-state index < -0.39 is 5.60 Å². The van der Waals surface area contributed by atoms with Crippen molar-refractivity contribution in [2.45, 2.75) is 38.7 Å². The first-order valence-corrected chi connectivity index (χ1v) is 6.58. The maximum absolute atomic E-state index is 11.4. The van der Waals surface area contributed by atoms with E-state index in [4.69, 9.17) is 9.47 Å². The first kappa shape index (κ1) is 15.5. The molecule has 106 valence electrons. The Hall–Kier alpha value is -1.55. The fourth-order valence-electron chi connectivity index (χ4n) is 1.97. The summed E-state index contributed by atoms with van der Waals surface area (Å²) in [7, 11) is 1.60. The second kappa shape index (κ2) is 7.14. The van der Waals surface area contributed by atoms with Gasteiger partial charge in [0.25, 0.3) is 0 Å². The van der Waals surface area contributed by atoms with Gasteiger partial charge in [-0.15, -0.1) is 0 Å². The van der Waals surface area contributed by atoms with Gasteiger partial charge in [-0.3, -0.25) is 4.79 Å². The summed E-state index contributed by atoms with van der Waals surface area (Å²) in [5, 5.41) is 10.6. The molecule has 0 saturated heterocycles. The average Bonchev–Trinajstić information content (AvgIpc) is 2.45. The monoisotopic (exact) mass is 266 g/mol. The van der Waals surface area contributed by atoms with E-state index in [2.05, 4.69) is 0 Å². The molecule has 0 spiro atoms. The van der Waals surface area contributed by atoms with Crippen molar-refractivity contribution in [2.75, 3.05) is 13.7 Å². The van der Waals surface area contributed by atoms with Crippen molar-refractivity contribution < 1.29 is 19.4 Å².